The lowest BCUT2D eigenvalue weighted by molar-refractivity contribution is -0.133. The van der Waals surface area contributed by atoms with E-state index in [1.807, 2.05) is 6.20 Å². The van der Waals surface area contributed by atoms with E-state index in [0.717, 1.165) is 33.1 Å². The minimum absolute atomic E-state index is 0.0575. The molecule has 2 amide bonds. The second-order valence-electron chi connectivity index (χ2n) is 14.4. The zero-order chi connectivity index (χ0) is 40.3. The van der Waals surface area contributed by atoms with E-state index >= 15 is 0 Å². The number of nitrogens with one attached hydrogen (secondary N) is 4. The standard InChI is InChI=1S/C44H46ClFN6O5/c45-32-8-6-27(7-9-32)19-30(22-42(55)40(51-43(56)5-2-16-47)21-31-26-50-38-13-11-34(53)24-36(31)38)44(57)52-39(20-28-14-17-48-18-15-28)41(54)4-1-3-29-25-49-37-12-10-33(46)23-35(29)37/h6-15,17-18,23-26,30,39-40,49-50,53H,1-5,16,19-22,47H2,(H,51,56)(H,52,57)/t30-,39+,40+/m1/s1. The molecule has 3 aromatic carbocycles. The summed E-state index contributed by atoms with van der Waals surface area (Å²) in [5, 5.41) is 18.0. The molecule has 3 aromatic heterocycles. The molecule has 0 fully saturated rings. The van der Waals surface area contributed by atoms with Gasteiger partial charge in [-0.05, 0) is 122 Å². The van der Waals surface area contributed by atoms with Gasteiger partial charge < -0.3 is 31.4 Å². The van der Waals surface area contributed by atoms with E-state index in [-0.39, 0.29) is 67.6 Å². The van der Waals surface area contributed by atoms with Gasteiger partial charge >= 0.3 is 0 Å². The number of nitrogens with two attached hydrogens (primary N) is 1. The Morgan fingerprint density at radius 1 is 0.754 bits per heavy atom. The lowest BCUT2D eigenvalue weighted by Crippen LogP contribution is -2.48. The number of amides is 2. The Bertz CT molecular complexity index is 2330. The highest BCUT2D eigenvalue weighted by atomic mass is 35.5. The van der Waals surface area contributed by atoms with Gasteiger partial charge in [0, 0.05) is 83.2 Å². The molecular weight excluding hydrogens is 747 g/mol. The van der Waals surface area contributed by atoms with Crippen LogP contribution in [0, 0.1) is 11.7 Å². The highest BCUT2D eigenvalue weighted by Crippen LogP contribution is 2.26. The molecule has 0 spiro atoms. The van der Waals surface area contributed by atoms with Gasteiger partial charge in [0.1, 0.15) is 11.6 Å². The number of carbonyl (C=O) groups excluding carboxylic acids is 4. The Morgan fingerprint density at radius 2 is 1.42 bits per heavy atom. The van der Waals surface area contributed by atoms with Gasteiger partial charge in [0.25, 0.3) is 0 Å². The van der Waals surface area contributed by atoms with E-state index in [9.17, 15) is 28.7 Å². The predicted molar refractivity (Wildman–Crippen MR) is 218 cm³/mol. The number of aromatic amines is 2. The van der Waals surface area contributed by atoms with Crippen LogP contribution in [0.3, 0.4) is 0 Å². The highest BCUT2D eigenvalue weighted by molar-refractivity contribution is 6.30. The molecule has 13 heteroatoms. The van der Waals surface area contributed by atoms with Gasteiger partial charge in [-0.2, -0.15) is 0 Å². The van der Waals surface area contributed by atoms with Crippen LogP contribution in [-0.4, -0.2) is 62.1 Å². The Kier molecular flexibility index (Phi) is 13.8. The second kappa shape index (κ2) is 19.3. The minimum atomic E-state index is -0.996. The fourth-order valence-corrected chi connectivity index (χ4v) is 7.28. The summed E-state index contributed by atoms with van der Waals surface area (Å²) in [4.78, 5) is 66.0. The molecule has 0 aliphatic rings. The topological polar surface area (TPSA) is 183 Å². The second-order valence-corrected chi connectivity index (χ2v) is 14.8. The van der Waals surface area contributed by atoms with Crippen LogP contribution in [0.5, 0.6) is 5.75 Å². The Morgan fingerprint density at radius 3 is 2.16 bits per heavy atom. The third-order valence-electron chi connectivity index (χ3n) is 10.2. The molecule has 3 heterocycles. The molecule has 7 N–H and O–H groups in total. The minimum Gasteiger partial charge on any atom is -0.508 e. The number of hydrogen-bond donors (Lipinski definition) is 6. The van der Waals surface area contributed by atoms with Crippen LogP contribution in [0.1, 0.15) is 54.4 Å². The van der Waals surface area contributed by atoms with E-state index in [1.165, 1.54) is 12.1 Å². The average Bonchev–Trinajstić information content (AvgIpc) is 3.80. The van der Waals surface area contributed by atoms with Crippen LogP contribution in [0.4, 0.5) is 4.39 Å². The van der Waals surface area contributed by atoms with Crippen molar-refractivity contribution in [3.05, 3.63) is 131 Å². The van der Waals surface area contributed by atoms with E-state index in [0.29, 0.717) is 41.8 Å². The zero-order valence-corrected chi connectivity index (χ0v) is 32.2. The molecule has 0 aliphatic heterocycles. The number of aryl methyl sites for hydroxylation is 1. The maximum Gasteiger partial charge on any atom is 0.224 e. The number of phenolic OH excluding ortho intramolecular Hbond substituents is 1. The summed E-state index contributed by atoms with van der Waals surface area (Å²) < 4.78 is 14.0. The van der Waals surface area contributed by atoms with E-state index in [1.54, 1.807) is 79.3 Å². The molecule has 296 valence electrons. The van der Waals surface area contributed by atoms with E-state index in [4.69, 9.17) is 17.3 Å². The number of H-pyrrole nitrogens is 2. The zero-order valence-electron chi connectivity index (χ0n) is 31.4. The predicted octanol–water partition coefficient (Wildman–Crippen LogP) is 6.45. The van der Waals surface area contributed by atoms with Crippen molar-refractivity contribution in [2.75, 3.05) is 6.54 Å². The third-order valence-corrected chi connectivity index (χ3v) is 10.5. The summed E-state index contributed by atoms with van der Waals surface area (Å²) >= 11 is 6.17. The van der Waals surface area contributed by atoms with E-state index in [2.05, 4.69) is 25.6 Å². The Hall–Kier alpha value is -5.85. The number of pyridine rings is 1. The summed E-state index contributed by atoms with van der Waals surface area (Å²) in [6, 6.07) is 18.1. The summed E-state index contributed by atoms with van der Waals surface area (Å²) in [7, 11) is 0. The number of hydrogen-bond acceptors (Lipinski definition) is 7. The monoisotopic (exact) mass is 792 g/mol. The van der Waals surface area contributed by atoms with Gasteiger partial charge in [0.2, 0.25) is 11.8 Å². The number of aromatic hydroxyl groups is 1. The Labute approximate surface area is 334 Å². The van der Waals surface area contributed by atoms with Crippen molar-refractivity contribution >= 4 is 56.8 Å². The molecule has 0 radical (unpaired) electrons. The van der Waals surface area contributed by atoms with Crippen molar-refractivity contribution in [3.8, 4) is 5.75 Å². The molecule has 57 heavy (non-hydrogen) atoms. The van der Waals surface area contributed by atoms with Gasteiger partial charge in [-0.15, -0.1) is 0 Å². The fraction of sp³-hybridized carbons (Fsp3) is 0.295. The van der Waals surface area contributed by atoms with Crippen LogP contribution >= 0.6 is 11.6 Å². The molecule has 11 nitrogen and oxygen atoms in total. The molecule has 0 unspecified atom stereocenters. The van der Waals surface area contributed by atoms with Crippen molar-refractivity contribution in [2.24, 2.45) is 11.7 Å². The van der Waals surface area contributed by atoms with Gasteiger partial charge in [-0.3, -0.25) is 24.2 Å². The van der Waals surface area contributed by atoms with Crippen molar-refractivity contribution < 1.29 is 28.7 Å². The molecule has 0 aliphatic carbocycles. The largest absolute Gasteiger partial charge is 0.508 e. The molecule has 6 aromatic rings. The number of benzene rings is 3. The number of Topliss-reactive ketones (excluding diaryl/α,β-unsaturated/α-hetero) is 2. The maximum absolute atomic E-state index is 14.4. The van der Waals surface area contributed by atoms with Crippen LogP contribution in [0.25, 0.3) is 21.8 Å². The molecule has 6 rings (SSSR count). The normalized spacial score (nSPS) is 13.0. The number of nitrogens with zero attached hydrogens (tertiary/aromatic N) is 1. The first kappa shape index (κ1) is 40.8. The first-order valence-electron chi connectivity index (χ1n) is 19.1. The first-order valence-corrected chi connectivity index (χ1v) is 19.5. The van der Waals surface area contributed by atoms with E-state index < -0.39 is 23.9 Å². The summed E-state index contributed by atoms with van der Waals surface area (Å²) in [6.07, 6.45) is 8.73. The number of rotatable bonds is 20. The molecular formula is C44H46ClFN6O5. The SMILES string of the molecule is NCCCC(=O)N[C@@H](Cc1c[nH]c2ccc(O)cc12)C(=O)C[C@@H](Cc1ccc(Cl)cc1)C(=O)N[C@@H](Cc1ccncc1)C(=O)CCCc1c[nH]c2ccc(F)cc12. The number of carbonyl (C=O) groups is 4. The number of fused-ring (bicyclic) bond motifs is 2. The van der Waals surface area contributed by atoms with Gasteiger partial charge in [0.15, 0.2) is 11.6 Å². The number of phenols is 1. The maximum atomic E-state index is 14.4. The van der Waals surface area contributed by atoms with Crippen LogP contribution < -0.4 is 16.4 Å². The fourth-order valence-electron chi connectivity index (χ4n) is 7.15. The molecule has 0 bridgehead atoms. The van der Waals surface area contributed by atoms with Crippen molar-refractivity contribution in [3.63, 3.8) is 0 Å². The van der Waals surface area contributed by atoms with Gasteiger partial charge in [-0.1, -0.05) is 23.7 Å². The highest BCUT2D eigenvalue weighted by Gasteiger charge is 2.31. The number of aromatic nitrogens is 3. The average molecular weight is 793 g/mol. The van der Waals surface area contributed by atoms with Crippen LogP contribution in [0.2, 0.25) is 5.02 Å². The molecule has 3 atom stereocenters. The number of ketones is 2. The van der Waals surface area contributed by atoms with Gasteiger partial charge in [0.05, 0.1) is 12.1 Å². The van der Waals surface area contributed by atoms with Crippen LogP contribution in [0.15, 0.2) is 97.6 Å². The summed E-state index contributed by atoms with van der Waals surface area (Å²) in [6.45, 7) is 0.305. The van der Waals surface area contributed by atoms with Crippen molar-refractivity contribution in [1.29, 1.82) is 0 Å². The molecule has 0 saturated carbocycles. The number of halogens is 2. The summed E-state index contributed by atoms with van der Waals surface area (Å²) in [5.41, 5.74) is 10.4. The van der Waals surface area contributed by atoms with Crippen molar-refractivity contribution in [2.45, 2.75) is 69.9 Å². The lowest BCUT2D eigenvalue weighted by atomic mass is 9.88. The van der Waals surface area contributed by atoms with Gasteiger partial charge in [-0.25, -0.2) is 4.39 Å². The quantitative estimate of drug-likeness (QED) is 0.0514. The smallest absolute Gasteiger partial charge is 0.224 e. The lowest BCUT2D eigenvalue weighted by Gasteiger charge is -2.24. The van der Waals surface area contributed by atoms with Crippen molar-refractivity contribution in [1.82, 2.24) is 25.6 Å². The molecule has 0 saturated heterocycles. The Balaban J connectivity index is 1.23. The summed E-state index contributed by atoms with van der Waals surface area (Å²) in [5.74, 6) is -2.58. The first-order chi connectivity index (χ1) is 27.6. The third kappa shape index (κ3) is 11.1. The van der Waals surface area contributed by atoms with Crippen LogP contribution in [-0.2, 0) is 44.9 Å².